The van der Waals surface area contributed by atoms with Gasteiger partial charge >= 0.3 is 5.97 Å². The largest absolute Gasteiger partial charge is 0.493 e. The van der Waals surface area contributed by atoms with Crippen molar-refractivity contribution in [1.82, 2.24) is 9.80 Å². The number of ether oxygens (including phenoxy) is 3. The normalized spacial score (nSPS) is 27.5. The minimum Gasteiger partial charge on any atom is -0.493 e. The van der Waals surface area contributed by atoms with E-state index in [0.29, 0.717) is 29.9 Å². The Hall–Kier alpha value is -2.62. The molecule has 2 aliphatic carbocycles. The Labute approximate surface area is 260 Å². The van der Waals surface area contributed by atoms with E-state index >= 15 is 0 Å². The number of benzene rings is 1. The molecule has 0 unspecified atom stereocenters. The van der Waals surface area contributed by atoms with E-state index in [1.54, 1.807) is 24.5 Å². The van der Waals surface area contributed by atoms with E-state index < -0.39 is 0 Å². The highest BCUT2D eigenvalue weighted by Crippen LogP contribution is 2.65. The minimum absolute atomic E-state index is 0.0110. The topological polar surface area (TPSA) is 68.3 Å². The van der Waals surface area contributed by atoms with Gasteiger partial charge in [-0.1, -0.05) is 19.9 Å². The lowest BCUT2D eigenvalue weighted by molar-refractivity contribution is -0.138. The number of hydrogen-bond donors (Lipinski definition) is 0. The molecule has 0 radical (unpaired) electrons. The van der Waals surface area contributed by atoms with Gasteiger partial charge in [-0.05, 0) is 72.1 Å². The van der Waals surface area contributed by atoms with Gasteiger partial charge in [-0.25, -0.2) is 0 Å². The highest BCUT2D eigenvalue weighted by atomic mass is 79.9. The molecule has 2 aromatic rings. The van der Waals surface area contributed by atoms with Gasteiger partial charge in [-0.15, -0.1) is 17.9 Å². The first-order valence-electron chi connectivity index (χ1n) is 14.8. The first-order chi connectivity index (χ1) is 20.2. The van der Waals surface area contributed by atoms with Crippen LogP contribution in [-0.2, 0) is 21.4 Å². The Balaban J connectivity index is 1.46. The van der Waals surface area contributed by atoms with Crippen LogP contribution in [0.4, 0.5) is 0 Å². The fraction of sp³-hybridized carbons (Fsp3) is 0.515. The predicted molar refractivity (Wildman–Crippen MR) is 168 cm³/mol. The molecular weight excluding hydrogens is 616 g/mol. The number of piperidine rings is 1. The van der Waals surface area contributed by atoms with Crippen LogP contribution in [0.3, 0.4) is 0 Å². The lowest BCUT2D eigenvalue weighted by Crippen LogP contribution is -2.69. The highest BCUT2D eigenvalue weighted by molar-refractivity contribution is 9.10. The molecule has 4 aliphatic rings. The molecule has 9 heteroatoms. The monoisotopic (exact) mass is 654 g/mol. The van der Waals surface area contributed by atoms with Crippen LogP contribution in [-0.4, -0.2) is 66.6 Å². The lowest BCUT2D eigenvalue weighted by atomic mass is 9.50. The molecule has 6 rings (SSSR count). The van der Waals surface area contributed by atoms with Crippen molar-refractivity contribution in [3.8, 4) is 17.2 Å². The molecule has 0 N–H and O–H groups in total. The van der Waals surface area contributed by atoms with Gasteiger partial charge in [0.25, 0.3) is 0 Å². The van der Waals surface area contributed by atoms with Crippen LogP contribution < -0.4 is 14.2 Å². The minimum atomic E-state index is -0.351. The number of halogens is 1. The van der Waals surface area contributed by atoms with E-state index in [2.05, 4.69) is 46.2 Å². The number of rotatable bonds is 9. The lowest BCUT2D eigenvalue weighted by Gasteiger charge is -2.60. The summed E-state index contributed by atoms with van der Waals surface area (Å²) < 4.78 is 19.7. The Morgan fingerprint density at radius 3 is 2.79 bits per heavy atom. The zero-order valence-corrected chi connectivity index (χ0v) is 27.1. The number of thiophene rings is 1. The summed E-state index contributed by atoms with van der Waals surface area (Å²) in [5.41, 5.74) is 1.89. The van der Waals surface area contributed by atoms with Crippen molar-refractivity contribution in [2.24, 2.45) is 11.8 Å². The third-order valence-electron chi connectivity index (χ3n) is 9.53. The summed E-state index contributed by atoms with van der Waals surface area (Å²) in [5, 5.41) is 2.02. The molecule has 2 fully saturated rings. The van der Waals surface area contributed by atoms with Gasteiger partial charge < -0.3 is 19.1 Å². The van der Waals surface area contributed by atoms with Crippen molar-refractivity contribution < 1.29 is 23.8 Å². The van der Waals surface area contributed by atoms with Crippen LogP contribution in [0.25, 0.3) is 6.08 Å². The van der Waals surface area contributed by atoms with Crippen molar-refractivity contribution in [2.75, 3.05) is 26.7 Å². The molecular formula is C33H39BrN2O5S. The third-order valence-corrected chi connectivity index (χ3v) is 11.2. The average molecular weight is 656 g/mol. The Bertz CT molecular complexity index is 1440. The first kappa shape index (κ1) is 29.5. The smallest absolute Gasteiger partial charge is 0.308 e. The number of carbonyl (C=O) groups is 2. The quantitative estimate of drug-likeness (QED) is 0.138. The summed E-state index contributed by atoms with van der Waals surface area (Å²) in [6, 6.07) is 4.01. The van der Waals surface area contributed by atoms with Gasteiger partial charge in [-0.2, -0.15) is 0 Å². The number of methoxy groups -OCH3 is 1. The van der Waals surface area contributed by atoms with Crippen molar-refractivity contribution in [3.63, 3.8) is 0 Å². The second-order valence-corrected chi connectivity index (χ2v) is 14.2. The third kappa shape index (κ3) is 4.81. The summed E-state index contributed by atoms with van der Waals surface area (Å²) >= 11 is 5.11. The van der Waals surface area contributed by atoms with E-state index in [1.165, 1.54) is 6.92 Å². The number of esters is 1. The van der Waals surface area contributed by atoms with Crippen LogP contribution in [0.5, 0.6) is 17.2 Å². The number of likely N-dealkylation sites (tertiary alicyclic amines) is 1. The first-order valence-corrected chi connectivity index (χ1v) is 16.5. The van der Waals surface area contributed by atoms with Crippen molar-refractivity contribution in [1.29, 1.82) is 0 Å². The van der Waals surface area contributed by atoms with Crippen LogP contribution in [0.1, 0.15) is 56.0 Å². The van der Waals surface area contributed by atoms with Gasteiger partial charge in [0.1, 0.15) is 11.9 Å². The van der Waals surface area contributed by atoms with E-state index in [0.717, 1.165) is 65.0 Å². The molecule has 1 spiro atoms. The summed E-state index contributed by atoms with van der Waals surface area (Å²) in [5.74, 6) is 2.22. The number of hydrogen-bond acceptors (Lipinski definition) is 7. The zero-order valence-electron chi connectivity index (χ0n) is 24.7. The fourth-order valence-electron chi connectivity index (χ4n) is 8.19. The van der Waals surface area contributed by atoms with Gasteiger partial charge in [0.05, 0.1) is 13.2 Å². The molecule has 7 nitrogen and oxygen atoms in total. The Kier molecular flexibility index (Phi) is 8.04. The fourth-order valence-corrected chi connectivity index (χ4v) is 9.53. The average Bonchev–Trinajstić information content (AvgIpc) is 3.52. The molecule has 5 atom stereocenters. The standard InChI is InChI=1S/C33H39BrN2O5S/c1-6-12-35-13-11-33-24-8-9-25(36(17-19(2)3)29(38)10-7-22-14-21(34)18-42-22)32(33)41-31-28(39-5)16-27(40-20(4)37)23(30(31)33)15-26(24)35/h6-7,10,14,16,18-19,24-26,32H,1,8-9,11-13,15,17H2,2-5H3/b10-7+/t24-,25+,26+,32-,33-/m0/s1. The molecule has 1 aromatic carbocycles. The van der Waals surface area contributed by atoms with E-state index in [4.69, 9.17) is 14.2 Å². The zero-order chi connectivity index (χ0) is 29.8. The SMILES string of the molecule is C=CCN1CC[C@]23c4c5c(OC(C)=O)cc(OC)c4O[C@H]2[C@H](N(CC(C)C)C(=O)/C=C/c2cc(Br)cs2)CC[C@H]3[C@H]1C5. The number of carbonyl (C=O) groups excluding carboxylic acids is 2. The van der Waals surface area contributed by atoms with Crippen LogP contribution >= 0.6 is 27.3 Å². The van der Waals surface area contributed by atoms with Gasteiger partial charge in [0.2, 0.25) is 5.91 Å². The maximum atomic E-state index is 14.0. The molecule has 2 aliphatic heterocycles. The molecule has 42 heavy (non-hydrogen) atoms. The summed E-state index contributed by atoms with van der Waals surface area (Å²) in [4.78, 5) is 31.8. The molecule has 2 bridgehead atoms. The predicted octanol–water partition coefficient (Wildman–Crippen LogP) is 6.24. The molecule has 1 aromatic heterocycles. The van der Waals surface area contributed by atoms with Crippen molar-refractivity contribution >= 4 is 45.2 Å². The van der Waals surface area contributed by atoms with Crippen molar-refractivity contribution in [2.45, 2.75) is 70.1 Å². The highest BCUT2D eigenvalue weighted by Gasteiger charge is 2.67. The van der Waals surface area contributed by atoms with E-state index in [1.807, 2.05) is 29.7 Å². The van der Waals surface area contributed by atoms with E-state index in [9.17, 15) is 9.59 Å². The maximum Gasteiger partial charge on any atom is 0.308 e. The van der Waals surface area contributed by atoms with Gasteiger partial charge in [0, 0.05) is 69.5 Å². The molecule has 224 valence electrons. The van der Waals surface area contributed by atoms with E-state index in [-0.39, 0.29) is 35.5 Å². The van der Waals surface area contributed by atoms with Crippen LogP contribution in [0.15, 0.2) is 40.7 Å². The number of amides is 1. The van der Waals surface area contributed by atoms with Crippen molar-refractivity contribution in [3.05, 3.63) is 56.7 Å². The molecule has 1 saturated carbocycles. The Morgan fingerprint density at radius 2 is 2.12 bits per heavy atom. The van der Waals surface area contributed by atoms with Gasteiger partial charge in [0.15, 0.2) is 11.5 Å². The summed E-state index contributed by atoms with van der Waals surface area (Å²) in [6.45, 7) is 12.2. The summed E-state index contributed by atoms with van der Waals surface area (Å²) in [6.07, 6.45) is 8.94. The molecule has 1 saturated heterocycles. The second kappa shape index (κ2) is 11.5. The molecule has 3 heterocycles. The van der Waals surface area contributed by atoms with Crippen LogP contribution in [0, 0.1) is 11.8 Å². The maximum absolute atomic E-state index is 14.0. The number of nitrogens with zero attached hydrogens (tertiary/aromatic N) is 2. The Morgan fingerprint density at radius 1 is 1.31 bits per heavy atom. The van der Waals surface area contributed by atoms with Crippen LogP contribution in [0.2, 0.25) is 0 Å². The second-order valence-electron chi connectivity index (χ2n) is 12.4. The summed E-state index contributed by atoms with van der Waals surface area (Å²) in [7, 11) is 1.63. The van der Waals surface area contributed by atoms with Gasteiger partial charge in [-0.3, -0.25) is 14.5 Å². The molecule has 1 amide bonds.